The topological polar surface area (TPSA) is 53.7 Å². The third-order valence-electron chi connectivity index (χ3n) is 2.13. The number of aliphatic hydroxyl groups excluding tert-OH is 1. The van der Waals surface area contributed by atoms with E-state index in [-0.39, 0.29) is 5.91 Å². The second kappa shape index (κ2) is 5.56. The standard InChI is InChI=1S/C11H17NO3/c1-9(13)8-12(2)11(14)6-5-10-4-3-7-15-10/h3-4,7,9,13H,5-6,8H2,1-2H3. The van der Waals surface area contributed by atoms with Gasteiger partial charge in [0, 0.05) is 26.4 Å². The normalized spacial score (nSPS) is 12.5. The Morgan fingerprint density at radius 1 is 1.67 bits per heavy atom. The van der Waals surface area contributed by atoms with E-state index in [0.717, 1.165) is 5.76 Å². The fourth-order valence-corrected chi connectivity index (χ4v) is 1.37. The van der Waals surface area contributed by atoms with E-state index in [1.54, 1.807) is 26.3 Å². The van der Waals surface area contributed by atoms with E-state index in [1.807, 2.05) is 6.07 Å². The lowest BCUT2D eigenvalue weighted by Crippen LogP contribution is -2.33. The highest BCUT2D eigenvalue weighted by Crippen LogP contribution is 2.05. The summed E-state index contributed by atoms with van der Waals surface area (Å²) in [6.07, 6.45) is 2.13. The molecule has 1 atom stereocenters. The molecule has 0 aromatic carbocycles. The predicted molar refractivity (Wildman–Crippen MR) is 56.3 cm³/mol. The molecule has 0 bridgehead atoms. The Kier molecular flexibility index (Phi) is 4.37. The van der Waals surface area contributed by atoms with Gasteiger partial charge in [0.15, 0.2) is 0 Å². The minimum absolute atomic E-state index is 0.0206. The van der Waals surface area contributed by atoms with Crippen molar-refractivity contribution in [2.24, 2.45) is 0 Å². The quantitative estimate of drug-likeness (QED) is 0.792. The molecule has 0 aliphatic rings. The second-order valence-corrected chi connectivity index (χ2v) is 3.70. The molecule has 84 valence electrons. The van der Waals surface area contributed by atoms with E-state index in [0.29, 0.717) is 19.4 Å². The van der Waals surface area contributed by atoms with Crippen LogP contribution in [0.2, 0.25) is 0 Å². The van der Waals surface area contributed by atoms with Gasteiger partial charge in [0.2, 0.25) is 5.91 Å². The van der Waals surface area contributed by atoms with Crippen molar-refractivity contribution in [1.29, 1.82) is 0 Å². The van der Waals surface area contributed by atoms with Gasteiger partial charge in [-0.3, -0.25) is 4.79 Å². The Morgan fingerprint density at radius 3 is 2.93 bits per heavy atom. The summed E-state index contributed by atoms with van der Waals surface area (Å²) in [5.74, 6) is 0.834. The second-order valence-electron chi connectivity index (χ2n) is 3.70. The van der Waals surface area contributed by atoms with Crippen LogP contribution >= 0.6 is 0 Å². The molecule has 1 rings (SSSR count). The van der Waals surface area contributed by atoms with Crippen molar-refractivity contribution in [3.05, 3.63) is 24.2 Å². The number of nitrogens with zero attached hydrogens (tertiary/aromatic N) is 1. The van der Waals surface area contributed by atoms with E-state index < -0.39 is 6.10 Å². The summed E-state index contributed by atoms with van der Waals surface area (Å²) in [4.78, 5) is 13.1. The lowest BCUT2D eigenvalue weighted by Gasteiger charge is -2.18. The Balaban J connectivity index is 2.29. The van der Waals surface area contributed by atoms with Crippen LogP contribution in [0.4, 0.5) is 0 Å². The van der Waals surface area contributed by atoms with Gasteiger partial charge >= 0.3 is 0 Å². The zero-order chi connectivity index (χ0) is 11.3. The highest BCUT2D eigenvalue weighted by Gasteiger charge is 2.11. The van der Waals surface area contributed by atoms with Crippen LogP contribution < -0.4 is 0 Å². The first-order valence-corrected chi connectivity index (χ1v) is 5.04. The SMILES string of the molecule is CC(O)CN(C)C(=O)CCc1ccco1. The van der Waals surface area contributed by atoms with Crippen molar-refractivity contribution in [2.75, 3.05) is 13.6 Å². The summed E-state index contributed by atoms with van der Waals surface area (Å²) in [5, 5.41) is 9.11. The first-order valence-electron chi connectivity index (χ1n) is 5.04. The number of amides is 1. The number of hydrogen-bond donors (Lipinski definition) is 1. The number of carbonyl (C=O) groups excluding carboxylic acids is 1. The summed E-state index contributed by atoms with van der Waals surface area (Å²) in [7, 11) is 1.69. The number of aliphatic hydroxyl groups is 1. The van der Waals surface area contributed by atoms with Crippen LogP contribution in [0.25, 0.3) is 0 Å². The molecule has 1 aromatic heterocycles. The Labute approximate surface area is 89.5 Å². The van der Waals surface area contributed by atoms with E-state index >= 15 is 0 Å². The number of aryl methyl sites for hydroxylation is 1. The summed E-state index contributed by atoms with van der Waals surface area (Å²) in [6.45, 7) is 2.04. The number of likely N-dealkylation sites (N-methyl/N-ethyl adjacent to an activating group) is 1. The van der Waals surface area contributed by atoms with Crippen LogP contribution in [-0.2, 0) is 11.2 Å². The molecule has 0 aliphatic heterocycles. The molecule has 1 aromatic rings. The molecule has 1 unspecified atom stereocenters. The summed E-state index contributed by atoms with van der Waals surface area (Å²) in [6, 6.07) is 3.65. The maximum Gasteiger partial charge on any atom is 0.222 e. The van der Waals surface area contributed by atoms with E-state index in [1.165, 1.54) is 4.90 Å². The lowest BCUT2D eigenvalue weighted by atomic mass is 10.2. The Hall–Kier alpha value is -1.29. The molecular weight excluding hydrogens is 194 g/mol. The molecule has 1 N–H and O–H groups in total. The molecule has 0 spiro atoms. The van der Waals surface area contributed by atoms with Gasteiger partial charge in [-0.05, 0) is 19.1 Å². The molecule has 0 aliphatic carbocycles. The van der Waals surface area contributed by atoms with Crippen molar-refractivity contribution in [2.45, 2.75) is 25.9 Å². The molecular formula is C11H17NO3. The van der Waals surface area contributed by atoms with Crippen LogP contribution in [0.5, 0.6) is 0 Å². The van der Waals surface area contributed by atoms with Gasteiger partial charge in [0.25, 0.3) is 0 Å². The minimum atomic E-state index is -0.484. The van der Waals surface area contributed by atoms with Gasteiger partial charge in [0.1, 0.15) is 5.76 Å². The maximum atomic E-state index is 11.5. The monoisotopic (exact) mass is 211 g/mol. The Morgan fingerprint density at radius 2 is 2.40 bits per heavy atom. The molecule has 0 saturated heterocycles. The summed E-state index contributed by atoms with van der Waals surface area (Å²) >= 11 is 0. The molecule has 0 fully saturated rings. The average Bonchev–Trinajstić information content (AvgIpc) is 2.65. The summed E-state index contributed by atoms with van der Waals surface area (Å²) < 4.78 is 5.12. The lowest BCUT2D eigenvalue weighted by molar-refractivity contribution is -0.131. The number of hydrogen-bond acceptors (Lipinski definition) is 3. The summed E-state index contributed by atoms with van der Waals surface area (Å²) in [5.41, 5.74) is 0. The van der Waals surface area contributed by atoms with Crippen LogP contribution in [0.1, 0.15) is 19.1 Å². The first-order chi connectivity index (χ1) is 7.09. The molecule has 1 amide bonds. The minimum Gasteiger partial charge on any atom is -0.469 e. The van der Waals surface area contributed by atoms with Gasteiger partial charge < -0.3 is 14.4 Å². The largest absolute Gasteiger partial charge is 0.469 e. The zero-order valence-corrected chi connectivity index (χ0v) is 9.14. The van der Waals surface area contributed by atoms with E-state index in [4.69, 9.17) is 9.52 Å². The number of carbonyl (C=O) groups is 1. The van der Waals surface area contributed by atoms with Gasteiger partial charge in [-0.15, -0.1) is 0 Å². The van der Waals surface area contributed by atoms with Gasteiger partial charge in [0.05, 0.1) is 12.4 Å². The first kappa shape index (κ1) is 11.8. The van der Waals surface area contributed by atoms with Gasteiger partial charge in [-0.1, -0.05) is 0 Å². The van der Waals surface area contributed by atoms with Crippen LogP contribution in [0.15, 0.2) is 22.8 Å². The van der Waals surface area contributed by atoms with Crippen molar-refractivity contribution in [3.63, 3.8) is 0 Å². The zero-order valence-electron chi connectivity index (χ0n) is 9.14. The smallest absolute Gasteiger partial charge is 0.222 e. The third kappa shape index (κ3) is 4.16. The molecule has 1 heterocycles. The fourth-order valence-electron chi connectivity index (χ4n) is 1.37. The van der Waals surface area contributed by atoms with Gasteiger partial charge in [-0.2, -0.15) is 0 Å². The average molecular weight is 211 g/mol. The molecule has 0 saturated carbocycles. The molecule has 4 nitrogen and oxygen atoms in total. The predicted octanol–water partition coefficient (Wildman–Crippen LogP) is 1.05. The molecule has 15 heavy (non-hydrogen) atoms. The fraction of sp³-hybridized carbons (Fsp3) is 0.545. The van der Waals surface area contributed by atoms with Crippen LogP contribution in [0.3, 0.4) is 0 Å². The Bertz CT molecular complexity index is 293. The number of rotatable bonds is 5. The van der Waals surface area contributed by atoms with Gasteiger partial charge in [-0.25, -0.2) is 0 Å². The van der Waals surface area contributed by atoms with Crippen LogP contribution in [-0.4, -0.2) is 35.6 Å². The number of furan rings is 1. The van der Waals surface area contributed by atoms with E-state index in [2.05, 4.69) is 0 Å². The van der Waals surface area contributed by atoms with Crippen molar-refractivity contribution in [1.82, 2.24) is 4.90 Å². The third-order valence-corrected chi connectivity index (χ3v) is 2.13. The highest BCUT2D eigenvalue weighted by molar-refractivity contribution is 5.76. The highest BCUT2D eigenvalue weighted by atomic mass is 16.3. The molecule has 4 heteroatoms. The van der Waals surface area contributed by atoms with Crippen molar-refractivity contribution < 1.29 is 14.3 Å². The van der Waals surface area contributed by atoms with Crippen LogP contribution in [0, 0.1) is 0 Å². The van der Waals surface area contributed by atoms with E-state index in [9.17, 15) is 4.79 Å². The van der Waals surface area contributed by atoms with Crippen molar-refractivity contribution in [3.8, 4) is 0 Å². The maximum absolute atomic E-state index is 11.5. The van der Waals surface area contributed by atoms with Crippen molar-refractivity contribution >= 4 is 5.91 Å². The molecule has 0 radical (unpaired) electrons.